The van der Waals surface area contributed by atoms with Crippen LogP contribution in [0.5, 0.6) is 0 Å². The summed E-state index contributed by atoms with van der Waals surface area (Å²) in [6.07, 6.45) is 8.91. The first-order valence-corrected chi connectivity index (χ1v) is 15.1. The molecule has 0 bridgehead atoms. The maximum atomic E-state index is 13.9. The van der Waals surface area contributed by atoms with Crippen LogP contribution in [0.1, 0.15) is 83.5 Å². The van der Waals surface area contributed by atoms with E-state index in [0.717, 1.165) is 49.8 Å². The molecular formula is C25H39N5O7S. The summed E-state index contributed by atoms with van der Waals surface area (Å²) < 4.78 is 35.4. The number of rotatable bonds is 5. The Balaban J connectivity index is 1.70. The highest BCUT2D eigenvalue weighted by Gasteiger charge is 2.67. The number of carbonyl (C=O) groups is 4. The zero-order chi connectivity index (χ0) is 27.6. The number of carbonyl (C=O) groups excluding carboxylic acids is 4. The molecule has 3 fully saturated rings. The molecule has 4 aliphatic rings. The van der Waals surface area contributed by atoms with Crippen LogP contribution in [-0.4, -0.2) is 66.2 Å². The van der Waals surface area contributed by atoms with Crippen molar-refractivity contribution in [3.8, 4) is 0 Å². The summed E-state index contributed by atoms with van der Waals surface area (Å²) in [5.74, 6) is -3.23. The Kier molecular flexibility index (Phi) is 8.36. The molecule has 0 spiro atoms. The number of nitrogens with zero attached hydrogens (tertiary/aromatic N) is 1. The smallest absolute Gasteiger partial charge is 0.405 e. The Morgan fingerprint density at radius 3 is 2.39 bits per heavy atom. The van der Waals surface area contributed by atoms with Crippen LogP contribution in [0.3, 0.4) is 0 Å². The molecule has 38 heavy (non-hydrogen) atoms. The van der Waals surface area contributed by atoms with Gasteiger partial charge < -0.3 is 26.4 Å². The lowest BCUT2D eigenvalue weighted by Crippen LogP contribution is -2.68. The number of amides is 4. The van der Waals surface area contributed by atoms with Gasteiger partial charge in [-0.3, -0.25) is 14.4 Å². The van der Waals surface area contributed by atoms with Crippen molar-refractivity contribution >= 4 is 33.8 Å². The van der Waals surface area contributed by atoms with Crippen molar-refractivity contribution in [2.45, 2.75) is 106 Å². The molecule has 212 valence electrons. The van der Waals surface area contributed by atoms with Gasteiger partial charge in [0.1, 0.15) is 0 Å². The summed E-state index contributed by atoms with van der Waals surface area (Å²) in [5.41, 5.74) is 8.85. The quantitative estimate of drug-likeness (QED) is 0.287. The van der Waals surface area contributed by atoms with E-state index in [1.54, 1.807) is 0 Å². The molecule has 2 saturated carbocycles. The normalized spacial score (nSPS) is 34.2. The van der Waals surface area contributed by atoms with Crippen LogP contribution in [0.2, 0.25) is 0 Å². The van der Waals surface area contributed by atoms with Gasteiger partial charge >= 0.3 is 6.09 Å². The minimum atomic E-state index is -4.05. The molecule has 4 amide bonds. The van der Waals surface area contributed by atoms with Crippen molar-refractivity contribution in [2.75, 3.05) is 6.54 Å². The maximum Gasteiger partial charge on any atom is 0.405 e. The van der Waals surface area contributed by atoms with E-state index in [1.165, 1.54) is 0 Å². The molecule has 4 rings (SSSR count). The number of ether oxygens (including phenoxy) is 1. The van der Waals surface area contributed by atoms with Gasteiger partial charge in [-0.1, -0.05) is 37.8 Å². The highest BCUT2D eigenvalue weighted by atomic mass is 32.2. The summed E-state index contributed by atoms with van der Waals surface area (Å²) in [6, 6.07) is -0.219. The van der Waals surface area contributed by atoms with Crippen LogP contribution >= 0.6 is 0 Å². The molecule has 6 N–H and O–H groups in total. The van der Waals surface area contributed by atoms with Crippen molar-refractivity contribution in [1.82, 2.24) is 14.9 Å². The molecule has 4 atom stereocenters. The van der Waals surface area contributed by atoms with Crippen molar-refractivity contribution in [1.29, 1.82) is 0 Å². The molecule has 2 aliphatic heterocycles. The number of hydrogen-bond donors (Lipinski definition) is 4. The number of nitrogens with one attached hydrogen (secondary N) is 2. The van der Waals surface area contributed by atoms with E-state index >= 15 is 0 Å². The largest absolute Gasteiger partial charge is 0.436 e. The minimum absolute atomic E-state index is 0.0250. The van der Waals surface area contributed by atoms with Gasteiger partial charge in [-0.2, -0.15) is 0 Å². The summed E-state index contributed by atoms with van der Waals surface area (Å²) in [6.45, 7) is 0.0250. The van der Waals surface area contributed by atoms with Crippen LogP contribution in [0.25, 0.3) is 0 Å². The molecule has 2 heterocycles. The summed E-state index contributed by atoms with van der Waals surface area (Å²) in [4.78, 5) is 51.3. The maximum absolute atomic E-state index is 13.9. The Morgan fingerprint density at radius 1 is 1.03 bits per heavy atom. The third-order valence-electron chi connectivity index (χ3n) is 8.36. The van der Waals surface area contributed by atoms with Crippen LogP contribution in [0.4, 0.5) is 4.79 Å². The Labute approximate surface area is 223 Å². The fourth-order valence-electron chi connectivity index (χ4n) is 6.15. The third kappa shape index (κ3) is 5.40. The Morgan fingerprint density at radius 2 is 1.71 bits per heavy atom. The minimum Gasteiger partial charge on any atom is -0.436 e. The molecule has 0 aromatic rings. The second-order valence-corrected chi connectivity index (χ2v) is 12.9. The SMILES string of the molecule is NC(=O)OC1CCCCC/C=C\C2CC2(S(=O)(=O)NC2CCCCC2)NC(=O)C2(C(N)=O)CCCN2C1=O. The molecular weight excluding hydrogens is 514 g/mol. The Bertz CT molecular complexity index is 1090. The molecule has 0 aromatic heterocycles. The van der Waals surface area contributed by atoms with E-state index in [-0.39, 0.29) is 38.3 Å². The van der Waals surface area contributed by atoms with Gasteiger partial charge in [0.05, 0.1) is 0 Å². The molecule has 4 unspecified atom stereocenters. The van der Waals surface area contributed by atoms with Crippen molar-refractivity contribution in [3.05, 3.63) is 12.2 Å². The van der Waals surface area contributed by atoms with Gasteiger partial charge in [-0.05, 0) is 57.8 Å². The first-order valence-electron chi connectivity index (χ1n) is 13.6. The molecule has 0 aromatic carbocycles. The molecule has 1 saturated heterocycles. The van der Waals surface area contributed by atoms with Gasteiger partial charge in [-0.15, -0.1) is 0 Å². The third-order valence-corrected chi connectivity index (χ3v) is 10.5. The number of nitrogens with two attached hydrogens (primary N) is 2. The molecule has 2 aliphatic carbocycles. The number of fused-ring (bicyclic) bond motifs is 2. The molecule has 13 heteroatoms. The van der Waals surface area contributed by atoms with E-state index in [0.29, 0.717) is 12.8 Å². The predicted molar refractivity (Wildman–Crippen MR) is 137 cm³/mol. The average Bonchev–Trinajstić information content (AvgIpc) is 3.37. The van der Waals surface area contributed by atoms with Crippen LogP contribution in [-0.2, 0) is 29.1 Å². The number of allylic oxidation sites excluding steroid dienone is 1. The zero-order valence-corrected chi connectivity index (χ0v) is 22.5. The molecule has 0 radical (unpaired) electrons. The fourth-order valence-corrected chi connectivity index (χ4v) is 8.14. The standard InChI is InChI=1S/C25H39N5O7S/c26-21(32)24-14-9-15-30(24)20(31)19(37-23(27)34)13-8-3-1-2-5-10-17-16-25(17,28-22(24)33)38(35,36)29-18-11-6-4-7-12-18/h5,10,17-19,29H,1-4,6-9,11-16H2,(H2,26,32)(H2,27,34)(H,28,33)/b10-5-. The monoisotopic (exact) mass is 553 g/mol. The number of sulfonamides is 1. The number of hydrogen-bond acceptors (Lipinski definition) is 7. The lowest BCUT2D eigenvalue weighted by molar-refractivity contribution is -0.157. The topological polar surface area (TPSA) is 191 Å². The van der Waals surface area contributed by atoms with Gasteiger partial charge in [0.2, 0.25) is 15.6 Å². The first-order chi connectivity index (χ1) is 18.0. The molecule has 12 nitrogen and oxygen atoms in total. The average molecular weight is 554 g/mol. The van der Waals surface area contributed by atoms with E-state index < -0.39 is 56.3 Å². The lowest BCUT2D eigenvalue weighted by Gasteiger charge is -2.37. The Hall–Kier alpha value is -2.67. The highest BCUT2D eigenvalue weighted by Crippen LogP contribution is 2.50. The summed E-state index contributed by atoms with van der Waals surface area (Å²) >= 11 is 0. The van der Waals surface area contributed by atoms with E-state index in [1.807, 2.05) is 12.2 Å². The van der Waals surface area contributed by atoms with Crippen LogP contribution in [0, 0.1) is 5.92 Å². The second kappa shape index (κ2) is 11.2. The van der Waals surface area contributed by atoms with E-state index in [4.69, 9.17) is 16.2 Å². The summed E-state index contributed by atoms with van der Waals surface area (Å²) in [7, 11) is -4.05. The van der Waals surface area contributed by atoms with Crippen molar-refractivity contribution < 1.29 is 32.3 Å². The van der Waals surface area contributed by atoms with E-state index in [9.17, 15) is 27.6 Å². The van der Waals surface area contributed by atoms with Crippen LogP contribution in [0.15, 0.2) is 12.2 Å². The van der Waals surface area contributed by atoms with Gasteiger partial charge in [0.25, 0.3) is 17.7 Å². The highest BCUT2D eigenvalue weighted by molar-refractivity contribution is 7.91. The van der Waals surface area contributed by atoms with E-state index in [2.05, 4.69) is 10.0 Å². The van der Waals surface area contributed by atoms with Gasteiger partial charge in [0, 0.05) is 18.5 Å². The van der Waals surface area contributed by atoms with Gasteiger partial charge in [-0.25, -0.2) is 17.9 Å². The van der Waals surface area contributed by atoms with Crippen molar-refractivity contribution in [3.63, 3.8) is 0 Å². The fraction of sp³-hybridized carbons (Fsp3) is 0.760. The number of primary amides is 2. The second-order valence-electron chi connectivity index (χ2n) is 10.9. The van der Waals surface area contributed by atoms with Gasteiger partial charge in [0.15, 0.2) is 11.0 Å². The van der Waals surface area contributed by atoms with Crippen LogP contribution < -0.4 is 21.5 Å². The predicted octanol–water partition coefficient (Wildman–Crippen LogP) is 0.902. The first kappa shape index (κ1) is 28.3. The summed E-state index contributed by atoms with van der Waals surface area (Å²) in [5, 5.41) is 2.67. The zero-order valence-electron chi connectivity index (χ0n) is 21.7. The lowest BCUT2D eigenvalue weighted by atomic mass is 9.92. The van der Waals surface area contributed by atoms with Crippen molar-refractivity contribution in [2.24, 2.45) is 17.4 Å².